The van der Waals surface area contributed by atoms with Gasteiger partial charge >= 0.3 is 0 Å². The van der Waals surface area contributed by atoms with E-state index in [2.05, 4.69) is 5.32 Å². The molecule has 2 N–H and O–H groups in total. The van der Waals surface area contributed by atoms with Crippen molar-refractivity contribution >= 4 is 33.5 Å². The van der Waals surface area contributed by atoms with Gasteiger partial charge in [-0.15, -0.1) is 0 Å². The van der Waals surface area contributed by atoms with Crippen LogP contribution < -0.4 is 20.0 Å². The van der Waals surface area contributed by atoms with Gasteiger partial charge < -0.3 is 25.0 Å². The molecule has 1 unspecified atom stereocenters. The number of hydrogen-bond donors (Lipinski definition) is 2. The second-order valence-corrected chi connectivity index (χ2v) is 9.23. The maximum absolute atomic E-state index is 12.4. The Morgan fingerprint density at radius 2 is 1.94 bits per heavy atom. The second-order valence-electron chi connectivity index (χ2n) is 7.36. The number of carbonyl (C=O) groups excluding carboxylic acids is 3. The van der Waals surface area contributed by atoms with Crippen molar-refractivity contribution in [2.45, 2.75) is 25.8 Å². The lowest BCUT2D eigenvalue weighted by molar-refractivity contribution is -0.307. The minimum absolute atomic E-state index is 0.0536. The highest BCUT2D eigenvalue weighted by Gasteiger charge is 2.26. The summed E-state index contributed by atoms with van der Waals surface area (Å²) in [5.41, 5.74) is 1.30. The van der Waals surface area contributed by atoms with Crippen LogP contribution in [0.15, 0.2) is 24.3 Å². The molecule has 0 aliphatic carbocycles. The molecule has 11 nitrogen and oxygen atoms in total. The van der Waals surface area contributed by atoms with E-state index in [1.165, 1.54) is 4.90 Å². The van der Waals surface area contributed by atoms with Crippen LogP contribution >= 0.6 is 0 Å². The van der Waals surface area contributed by atoms with E-state index in [0.29, 0.717) is 24.9 Å². The molecule has 1 aromatic rings. The summed E-state index contributed by atoms with van der Waals surface area (Å²) in [6, 6.07) is 7.22. The molecule has 0 bridgehead atoms. The van der Waals surface area contributed by atoms with E-state index < -0.39 is 34.5 Å². The second kappa shape index (κ2) is 11.4. The zero-order valence-corrected chi connectivity index (χ0v) is 18.6. The fourth-order valence-electron chi connectivity index (χ4n) is 3.07. The number of nitrogens with one attached hydrogen (secondary N) is 2. The largest absolute Gasteiger partial charge is 0.548 e. The van der Waals surface area contributed by atoms with Gasteiger partial charge in [0.1, 0.15) is 0 Å². The van der Waals surface area contributed by atoms with E-state index in [-0.39, 0.29) is 31.3 Å². The Bertz CT molecular complexity index is 973. The molecule has 1 atom stereocenters. The van der Waals surface area contributed by atoms with Crippen molar-refractivity contribution in [2.24, 2.45) is 0 Å². The molecule has 1 heterocycles. The summed E-state index contributed by atoms with van der Waals surface area (Å²) < 4.78 is 25.8. The van der Waals surface area contributed by atoms with Gasteiger partial charge in [-0.3, -0.25) is 9.59 Å². The molecule has 2 rings (SSSR count). The standard InChI is InChI=1S/C20H27N5O6S/c1-2-3-10-32(30,31)23-17(20(28)29)12-22-18(26)13-25-9-8-24(14-19(25)27)16-6-4-15(11-21)5-7-16/h4-7,17,23H,2-3,8-10,12-14H2,1H3,(H,22,26)(H,28,29)/p-1. The van der Waals surface area contributed by atoms with Gasteiger partial charge in [0.15, 0.2) is 0 Å². The van der Waals surface area contributed by atoms with E-state index in [0.717, 1.165) is 5.69 Å². The molecule has 12 heteroatoms. The van der Waals surface area contributed by atoms with Crippen LogP contribution in [0.1, 0.15) is 25.3 Å². The molecule has 1 aromatic carbocycles. The number of carboxylic acid groups (broad SMARTS) is 1. The Labute approximate surface area is 187 Å². The minimum Gasteiger partial charge on any atom is -0.548 e. The Hall–Kier alpha value is -3.17. The summed E-state index contributed by atoms with van der Waals surface area (Å²) in [6.45, 7) is 1.84. The van der Waals surface area contributed by atoms with Crippen LogP contribution in [0, 0.1) is 11.3 Å². The van der Waals surface area contributed by atoms with E-state index in [1.807, 2.05) is 15.7 Å². The first-order valence-electron chi connectivity index (χ1n) is 10.2. The highest BCUT2D eigenvalue weighted by Crippen LogP contribution is 2.17. The number of hydrogen-bond acceptors (Lipinski definition) is 8. The molecule has 0 saturated carbocycles. The number of unbranched alkanes of at least 4 members (excludes halogenated alkanes) is 1. The first kappa shape index (κ1) is 25.1. The van der Waals surface area contributed by atoms with E-state index >= 15 is 0 Å². The third kappa shape index (κ3) is 7.51. The van der Waals surface area contributed by atoms with Crippen molar-refractivity contribution in [1.29, 1.82) is 5.26 Å². The first-order valence-corrected chi connectivity index (χ1v) is 11.8. The van der Waals surface area contributed by atoms with Crippen molar-refractivity contribution < 1.29 is 27.9 Å². The zero-order chi connectivity index (χ0) is 23.7. The van der Waals surface area contributed by atoms with Gasteiger partial charge in [-0.25, -0.2) is 13.1 Å². The summed E-state index contributed by atoms with van der Waals surface area (Å²) >= 11 is 0. The molecule has 32 heavy (non-hydrogen) atoms. The molecule has 2 amide bonds. The fourth-order valence-corrected chi connectivity index (χ4v) is 4.47. The van der Waals surface area contributed by atoms with Crippen LogP contribution in [-0.4, -0.2) is 75.6 Å². The monoisotopic (exact) mass is 464 g/mol. The quantitative estimate of drug-likeness (QED) is 0.386. The van der Waals surface area contributed by atoms with E-state index in [9.17, 15) is 27.9 Å². The molecule has 0 aromatic heterocycles. The Kier molecular flexibility index (Phi) is 8.98. The van der Waals surface area contributed by atoms with Crippen molar-refractivity contribution in [3.8, 4) is 6.07 Å². The van der Waals surface area contributed by atoms with Gasteiger partial charge in [0, 0.05) is 25.3 Å². The van der Waals surface area contributed by atoms with Crippen LogP contribution in [0.25, 0.3) is 0 Å². The van der Waals surface area contributed by atoms with Gasteiger partial charge in [-0.2, -0.15) is 5.26 Å². The highest BCUT2D eigenvalue weighted by atomic mass is 32.2. The van der Waals surface area contributed by atoms with E-state index in [1.54, 1.807) is 31.2 Å². The fraction of sp³-hybridized carbons (Fsp3) is 0.500. The number of anilines is 1. The molecule has 1 aliphatic rings. The summed E-state index contributed by atoms with van der Waals surface area (Å²) in [5.74, 6) is -2.77. The molecule has 0 spiro atoms. The number of rotatable bonds is 11. The third-order valence-corrected chi connectivity index (χ3v) is 6.36. The topological polar surface area (TPSA) is 163 Å². The molecular formula is C20H26N5O6S-. The van der Waals surface area contributed by atoms with Crippen LogP contribution in [0.3, 0.4) is 0 Å². The predicted octanol–water partition coefficient (Wildman–Crippen LogP) is -1.84. The van der Waals surface area contributed by atoms with Crippen LogP contribution in [0.5, 0.6) is 0 Å². The Balaban J connectivity index is 1.85. The van der Waals surface area contributed by atoms with Crippen molar-refractivity contribution in [3.63, 3.8) is 0 Å². The van der Waals surface area contributed by atoms with Crippen LogP contribution in [0.4, 0.5) is 5.69 Å². The van der Waals surface area contributed by atoms with E-state index in [4.69, 9.17) is 5.26 Å². The number of amides is 2. The number of sulfonamides is 1. The Morgan fingerprint density at radius 3 is 2.50 bits per heavy atom. The van der Waals surface area contributed by atoms with Crippen LogP contribution in [0.2, 0.25) is 0 Å². The van der Waals surface area contributed by atoms with Crippen molar-refractivity contribution in [2.75, 3.05) is 43.4 Å². The number of carbonyl (C=O) groups is 3. The van der Waals surface area contributed by atoms with Gasteiger partial charge in [-0.05, 0) is 30.7 Å². The predicted molar refractivity (Wildman–Crippen MR) is 114 cm³/mol. The Morgan fingerprint density at radius 1 is 1.25 bits per heavy atom. The lowest BCUT2D eigenvalue weighted by atomic mass is 10.2. The van der Waals surface area contributed by atoms with Gasteiger partial charge in [-0.1, -0.05) is 13.3 Å². The number of aliphatic carboxylic acids is 1. The number of nitrogens with zero attached hydrogens (tertiary/aromatic N) is 3. The molecular weight excluding hydrogens is 438 g/mol. The summed E-state index contributed by atoms with van der Waals surface area (Å²) in [5, 5.41) is 22.4. The smallest absolute Gasteiger partial charge is 0.242 e. The number of nitriles is 1. The molecule has 0 radical (unpaired) electrons. The summed E-state index contributed by atoms with van der Waals surface area (Å²) in [7, 11) is -3.82. The first-order chi connectivity index (χ1) is 15.1. The lowest BCUT2D eigenvalue weighted by Gasteiger charge is -2.35. The van der Waals surface area contributed by atoms with Crippen LogP contribution in [-0.2, 0) is 24.4 Å². The normalized spacial score (nSPS) is 15.2. The van der Waals surface area contributed by atoms with Gasteiger partial charge in [0.25, 0.3) is 0 Å². The maximum Gasteiger partial charge on any atom is 0.242 e. The number of piperazine rings is 1. The molecule has 1 saturated heterocycles. The van der Waals surface area contributed by atoms with Gasteiger partial charge in [0.2, 0.25) is 21.8 Å². The molecule has 1 aliphatic heterocycles. The zero-order valence-electron chi connectivity index (χ0n) is 17.7. The SMILES string of the molecule is CCCCS(=O)(=O)NC(CNC(=O)CN1CCN(c2ccc(C#N)cc2)CC1=O)C(=O)[O-]. The average molecular weight is 465 g/mol. The number of benzene rings is 1. The lowest BCUT2D eigenvalue weighted by Crippen LogP contribution is -2.56. The molecule has 1 fully saturated rings. The van der Waals surface area contributed by atoms with Crippen molar-refractivity contribution in [1.82, 2.24) is 14.9 Å². The third-order valence-electron chi connectivity index (χ3n) is 4.89. The highest BCUT2D eigenvalue weighted by molar-refractivity contribution is 7.89. The number of carboxylic acids is 1. The summed E-state index contributed by atoms with van der Waals surface area (Å²) in [4.78, 5) is 39.0. The summed E-state index contributed by atoms with van der Waals surface area (Å²) in [6.07, 6.45) is 0.998. The van der Waals surface area contributed by atoms with Gasteiger partial charge in [0.05, 0.1) is 42.5 Å². The minimum atomic E-state index is -3.82. The van der Waals surface area contributed by atoms with Crippen molar-refractivity contribution in [3.05, 3.63) is 29.8 Å². The maximum atomic E-state index is 12.4. The average Bonchev–Trinajstić information content (AvgIpc) is 2.76. The molecule has 174 valence electrons.